The van der Waals surface area contributed by atoms with Crippen LogP contribution in [-0.4, -0.2) is 36.7 Å². The Hall–Kier alpha value is -1.08. The smallest absolute Gasteiger partial charge is 0.313 e. The number of thioether (sulfide) groups is 1. The largest absolute Gasteiger partial charge is 0.481 e. The zero-order chi connectivity index (χ0) is 12.3. The Balaban J connectivity index is 3.01. The van der Waals surface area contributed by atoms with E-state index in [1.54, 1.807) is 4.57 Å². The molecule has 0 saturated carbocycles. The second kappa shape index (κ2) is 4.84. The van der Waals surface area contributed by atoms with E-state index in [9.17, 15) is 4.79 Å². The van der Waals surface area contributed by atoms with Crippen LogP contribution in [0.2, 0.25) is 0 Å². The van der Waals surface area contributed by atoms with Crippen LogP contribution in [0, 0.1) is 0 Å². The molecule has 6 nitrogen and oxygen atoms in total. The third-order valence-electron chi connectivity index (χ3n) is 1.84. The lowest BCUT2D eigenvalue weighted by molar-refractivity contribution is -0.133. The second-order valence-electron chi connectivity index (χ2n) is 4.25. The monoisotopic (exact) mass is 245 g/mol. The highest BCUT2D eigenvalue weighted by molar-refractivity contribution is 7.99. The normalized spacial score (nSPS) is 11.8. The first-order valence-corrected chi connectivity index (χ1v) is 5.75. The number of carboxylic acids is 1. The molecule has 1 heterocycles. The summed E-state index contributed by atoms with van der Waals surface area (Å²) < 4.78 is 1.75. The molecule has 0 bridgehead atoms. The molecule has 0 aromatic carbocycles. The van der Waals surface area contributed by atoms with Crippen LogP contribution < -0.4 is 0 Å². The highest BCUT2D eigenvalue weighted by Crippen LogP contribution is 2.25. The van der Waals surface area contributed by atoms with Crippen molar-refractivity contribution in [1.29, 1.82) is 0 Å². The van der Waals surface area contributed by atoms with E-state index in [1.807, 2.05) is 20.8 Å². The van der Waals surface area contributed by atoms with Crippen molar-refractivity contribution in [2.75, 3.05) is 5.75 Å². The summed E-state index contributed by atoms with van der Waals surface area (Å²) in [6.45, 7) is 5.62. The Bertz CT molecular complexity index is 384. The molecule has 0 amide bonds. The van der Waals surface area contributed by atoms with Gasteiger partial charge in [-0.2, -0.15) is 0 Å². The number of aliphatic hydroxyl groups is 1. The maximum absolute atomic E-state index is 10.5. The Morgan fingerprint density at radius 2 is 2.06 bits per heavy atom. The Morgan fingerprint density at radius 1 is 1.44 bits per heavy atom. The lowest BCUT2D eigenvalue weighted by atomic mass is 10.1. The number of hydrogen-bond donors (Lipinski definition) is 2. The van der Waals surface area contributed by atoms with Gasteiger partial charge < -0.3 is 10.2 Å². The summed E-state index contributed by atoms with van der Waals surface area (Å²) in [6.07, 6.45) is 0. The molecule has 1 aromatic rings. The zero-order valence-electron chi connectivity index (χ0n) is 9.47. The molecule has 0 atom stereocenters. The van der Waals surface area contributed by atoms with Gasteiger partial charge in [0, 0.05) is 5.54 Å². The fraction of sp³-hybridized carbons (Fsp3) is 0.667. The molecule has 0 spiro atoms. The SMILES string of the molecule is CC(C)(C)n1c(CO)nnc1SCC(=O)O. The number of carboxylic acid groups (broad SMARTS) is 1. The molecule has 1 rings (SSSR count). The van der Waals surface area contributed by atoms with Crippen molar-refractivity contribution in [1.82, 2.24) is 14.8 Å². The van der Waals surface area contributed by atoms with Crippen molar-refractivity contribution in [2.45, 2.75) is 38.1 Å². The van der Waals surface area contributed by atoms with Crippen molar-refractivity contribution >= 4 is 17.7 Å². The number of aliphatic hydroxyl groups excluding tert-OH is 1. The van der Waals surface area contributed by atoms with Crippen LogP contribution in [0.25, 0.3) is 0 Å². The van der Waals surface area contributed by atoms with E-state index < -0.39 is 5.97 Å². The number of carbonyl (C=O) groups is 1. The molecule has 0 saturated heterocycles. The predicted molar refractivity (Wildman–Crippen MR) is 59.3 cm³/mol. The van der Waals surface area contributed by atoms with Gasteiger partial charge in [-0.05, 0) is 20.8 Å². The van der Waals surface area contributed by atoms with Gasteiger partial charge in [-0.15, -0.1) is 10.2 Å². The van der Waals surface area contributed by atoms with Crippen molar-refractivity contribution in [3.63, 3.8) is 0 Å². The van der Waals surface area contributed by atoms with E-state index in [1.165, 1.54) is 0 Å². The molecule has 90 valence electrons. The molecule has 0 fully saturated rings. The van der Waals surface area contributed by atoms with Gasteiger partial charge in [0.05, 0.1) is 5.75 Å². The van der Waals surface area contributed by atoms with E-state index >= 15 is 0 Å². The summed E-state index contributed by atoms with van der Waals surface area (Å²) in [4.78, 5) is 10.5. The van der Waals surface area contributed by atoms with Gasteiger partial charge >= 0.3 is 5.97 Å². The Kier molecular flexibility index (Phi) is 3.93. The minimum Gasteiger partial charge on any atom is -0.481 e. The number of aromatic nitrogens is 3. The first-order chi connectivity index (χ1) is 7.36. The average molecular weight is 245 g/mol. The van der Waals surface area contributed by atoms with Gasteiger partial charge in [0.1, 0.15) is 6.61 Å². The van der Waals surface area contributed by atoms with Gasteiger partial charge in [-0.25, -0.2) is 0 Å². The quantitative estimate of drug-likeness (QED) is 0.759. The van der Waals surface area contributed by atoms with Crippen LogP contribution in [0.3, 0.4) is 0 Å². The fourth-order valence-corrected chi connectivity index (χ4v) is 2.16. The van der Waals surface area contributed by atoms with Crippen LogP contribution in [0.1, 0.15) is 26.6 Å². The van der Waals surface area contributed by atoms with Gasteiger partial charge in [0.2, 0.25) is 0 Å². The van der Waals surface area contributed by atoms with E-state index in [0.29, 0.717) is 11.0 Å². The zero-order valence-corrected chi connectivity index (χ0v) is 10.3. The van der Waals surface area contributed by atoms with Crippen LogP contribution in [0.15, 0.2) is 5.16 Å². The van der Waals surface area contributed by atoms with Gasteiger partial charge in [0.15, 0.2) is 11.0 Å². The summed E-state index contributed by atoms with van der Waals surface area (Å²) in [5.41, 5.74) is -0.289. The maximum atomic E-state index is 10.5. The van der Waals surface area contributed by atoms with Crippen LogP contribution >= 0.6 is 11.8 Å². The van der Waals surface area contributed by atoms with Gasteiger partial charge in [-0.1, -0.05) is 11.8 Å². The number of nitrogens with zero attached hydrogens (tertiary/aromatic N) is 3. The number of hydrogen-bond acceptors (Lipinski definition) is 5. The average Bonchev–Trinajstić information content (AvgIpc) is 2.56. The molecular weight excluding hydrogens is 230 g/mol. The molecule has 1 aromatic heterocycles. The van der Waals surface area contributed by atoms with E-state index in [0.717, 1.165) is 11.8 Å². The van der Waals surface area contributed by atoms with Crippen molar-refractivity contribution in [3.8, 4) is 0 Å². The molecule has 0 aliphatic heterocycles. The molecule has 0 unspecified atom stereocenters. The molecular formula is C9H15N3O3S. The number of aliphatic carboxylic acids is 1. The minimum atomic E-state index is -0.904. The predicted octanol–water partition coefficient (Wildman–Crippen LogP) is 0.702. The molecule has 0 aliphatic carbocycles. The van der Waals surface area contributed by atoms with Crippen molar-refractivity contribution in [2.24, 2.45) is 0 Å². The van der Waals surface area contributed by atoms with Crippen molar-refractivity contribution < 1.29 is 15.0 Å². The number of rotatable bonds is 4. The van der Waals surface area contributed by atoms with E-state index in [2.05, 4.69) is 10.2 Å². The highest BCUT2D eigenvalue weighted by Gasteiger charge is 2.23. The molecule has 0 aliphatic rings. The molecule has 7 heteroatoms. The summed E-state index contributed by atoms with van der Waals surface area (Å²) in [7, 11) is 0. The second-order valence-corrected chi connectivity index (χ2v) is 5.19. The summed E-state index contributed by atoms with van der Waals surface area (Å²) in [6, 6.07) is 0. The third kappa shape index (κ3) is 2.96. The van der Waals surface area contributed by atoms with Gasteiger partial charge in [-0.3, -0.25) is 9.36 Å². The standard InChI is InChI=1S/C9H15N3O3S/c1-9(2,3)12-6(4-13)10-11-8(12)16-5-7(14)15/h13H,4-5H2,1-3H3,(H,14,15). The first-order valence-electron chi connectivity index (χ1n) is 4.76. The minimum absolute atomic E-state index is 0.0698. The third-order valence-corrected chi connectivity index (χ3v) is 2.75. The Morgan fingerprint density at radius 3 is 2.50 bits per heavy atom. The topological polar surface area (TPSA) is 88.2 Å². The lowest BCUT2D eigenvalue weighted by Gasteiger charge is -2.23. The first kappa shape index (κ1) is 13.0. The van der Waals surface area contributed by atoms with Crippen LogP contribution in [-0.2, 0) is 16.9 Å². The lowest BCUT2D eigenvalue weighted by Crippen LogP contribution is -2.25. The Labute approximate surface area is 97.7 Å². The summed E-state index contributed by atoms with van der Waals surface area (Å²) >= 11 is 1.10. The van der Waals surface area contributed by atoms with Crippen LogP contribution in [0.5, 0.6) is 0 Å². The fourth-order valence-electron chi connectivity index (χ4n) is 1.30. The summed E-state index contributed by atoms with van der Waals surface area (Å²) in [5, 5.41) is 25.9. The maximum Gasteiger partial charge on any atom is 0.313 e. The molecule has 0 radical (unpaired) electrons. The van der Waals surface area contributed by atoms with Crippen molar-refractivity contribution in [3.05, 3.63) is 5.82 Å². The summed E-state index contributed by atoms with van der Waals surface area (Å²) in [5.74, 6) is -0.529. The van der Waals surface area contributed by atoms with Gasteiger partial charge in [0.25, 0.3) is 0 Å². The molecule has 16 heavy (non-hydrogen) atoms. The van der Waals surface area contributed by atoms with E-state index in [-0.39, 0.29) is 17.9 Å². The molecule has 2 N–H and O–H groups in total. The van der Waals surface area contributed by atoms with E-state index in [4.69, 9.17) is 10.2 Å². The highest BCUT2D eigenvalue weighted by atomic mass is 32.2. The van der Waals surface area contributed by atoms with Crippen LogP contribution in [0.4, 0.5) is 0 Å².